The van der Waals surface area contributed by atoms with Gasteiger partial charge in [-0.05, 0) is 50.9 Å². The van der Waals surface area contributed by atoms with Gasteiger partial charge in [0.2, 0.25) is 0 Å². The average molecular weight is 339 g/mol. The second kappa shape index (κ2) is 7.63. The molecule has 0 radical (unpaired) electrons. The quantitative estimate of drug-likeness (QED) is 0.815. The van der Waals surface area contributed by atoms with Crippen LogP contribution in [0.3, 0.4) is 0 Å². The monoisotopic (exact) mass is 338 g/mol. The van der Waals surface area contributed by atoms with Gasteiger partial charge >= 0.3 is 0 Å². The van der Waals surface area contributed by atoms with Crippen molar-refractivity contribution in [1.82, 2.24) is 9.80 Å². The normalized spacial score (nSPS) is 21.2. The molecule has 0 N–H and O–H groups in total. The third-order valence-corrected chi connectivity index (χ3v) is 5.40. The Kier molecular flexibility index (Phi) is 5.54. The lowest BCUT2D eigenvalue weighted by molar-refractivity contribution is 0.0619. The Morgan fingerprint density at radius 1 is 1.04 bits per heavy atom. The number of carbonyl (C=O) groups excluding carboxylic acids is 1. The Morgan fingerprint density at radius 3 is 2.30 bits per heavy atom. The number of hydrogen-bond donors (Lipinski definition) is 0. The van der Waals surface area contributed by atoms with E-state index in [2.05, 4.69) is 4.90 Å². The van der Waals surface area contributed by atoms with Crippen molar-refractivity contribution in [2.45, 2.75) is 44.6 Å². The zero-order chi connectivity index (χ0) is 16.2. The topological polar surface area (TPSA) is 23.6 Å². The zero-order valence-electron chi connectivity index (χ0n) is 13.4. The number of rotatable bonds is 2. The van der Waals surface area contributed by atoms with Gasteiger partial charge in [-0.15, -0.1) is 0 Å². The van der Waals surface area contributed by atoms with E-state index in [4.69, 9.17) is 11.6 Å². The maximum atomic E-state index is 13.9. The molecule has 1 aromatic rings. The molecule has 0 atom stereocenters. The molecule has 0 aromatic heterocycles. The lowest BCUT2D eigenvalue weighted by atomic mass is 10.0. The van der Waals surface area contributed by atoms with E-state index in [0.29, 0.717) is 19.1 Å². The van der Waals surface area contributed by atoms with Gasteiger partial charge in [-0.3, -0.25) is 4.79 Å². The van der Waals surface area contributed by atoms with Gasteiger partial charge in [-0.2, -0.15) is 0 Å². The summed E-state index contributed by atoms with van der Waals surface area (Å²) in [5.41, 5.74) is 0.0161. The number of carbonyl (C=O) groups is 1. The summed E-state index contributed by atoms with van der Waals surface area (Å²) in [6.45, 7) is 3.73. The first-order valence-corrected chi connectivity index (χ1v) is 9.02. The average Bonchev–Trinajstić information content (AvgIpc) is 2.84. The SMILES string of the molecule is O=C(c1c(F)cccc1Cl)N1CCC(N2CCCCCC2)CC1. The number of likely N-dealkylation sites (tertiary alicyclic amines) is 2. The molecule has 2 saturated heterocycles. The van der Waals surface area contributed by atoms with Crippen LogP contribution < -0.4 is 0 Å². The fourth-order valence-electron chi connectivity index (χ4n) is 3.75. The summed E-state index contributed by atoms with van der Waals surface area (Å²) in [6, 6.07) is 4.96. The smallest absolute Gasteiger partial charge is 0.258 e. The molecular weight excluding hydrogens is 315 g/mol. The van der Waals surface area contributed by atoms with Crippen molar-refractivity contribution in [2.75, 3.05) is 26.2 Å². The van der Waals surface area contributed by atoms with Crippen LogP contribution in [0.5, 0.6) is 0 Å². The first-order valence-electron chi connectivity index (χ1n) is 8.64. The van der Waals surface area contributed by atoms with Crippen molar-refractivity contribution in [3.05, 3.63) is 34.6 Å². The first-order chi connectivity index (χ1) is 11.2. The van der Waals surface area contributed by atoms with Gasteiger partial charge < -0.3 is 9.80 Å². The van der Waals surface area contributed by atoms with E-state index in [1.807, 2.05) is 0 Å². The van der Waals surface area contributed by atoms with Crippen LogP contribution in [0, 0.1) is 5.82 Å². The number of amides is 1. The molecule has 3 rings (SSSR count). The molecule has 0 unspecified atom stereocenters. The van der Waals surface area contributed by atoms with E-state index in [0.717, 1.165) is 12.8 Å². The number of nitrogens with zero attached hydrogens (tertiary/aromatic N) is 2. The maximum absolute atomic E-state index is 13.9. The second-order valence-corrected chi connectivity index (χ2v) is 6.98. The summed E-state index contributed by atoms with van der Waals surface area (Å²) >= 11 is 6.02. The maximum Gasteiger partial charge on any atom is 0.258 e. The summed E-state index contributed by atoms with van der Waals surface area (Å²) in [6.07, 6.45) is 7.17. The van der Waals surface area contributed by atoms with E-state index >= 15 is 0 Å². The number of piperidine rings is 1. The van der Waals surface area contributed by atoms with E-state index < -0.39 is 5.82 Å². The zero-order valence-corrected chi connectivity index (χ0v) is 14.2. The van der Waals surface area contributed by atoms with Gasteiger partial charge in [-0.1, -0.05) is 30.5 Å². The minimum atomic E-state index is -0.530. The molecule has 2 aliphatic heterocycles. The predicted octanol–water partition coefficient (Wildman–Crippen LogP) is 3.96. The van der Waals surface area contributed by atoms with Gasteiger partial charge in [0.05, 0.1) is 10.6 Å². The van der Waals surface area contributed by atoms with Crippen LogP contribution in [-0.2, 0) is 0 Å². The molecule has 126 valence electrons. The van der Waals surface area contributed by atoms with Crippen LogP contribution in [0.2, 0.25) is 5.02 Å². The summed E-state index contributed by atoms with van der Waals surface area (Å²) < 4.78 is 13.9. The third-order valence-electron chi connectivity index (χ3n) is 5.09. The first kappa shape index (κ1) is 16.7. The van der Waals surface area contributed by atoms with Crippen molar-refractivity contribution in [3.8, 4) is 0 Å². The highest BCUT2D eigenvalue weighted by molar-refractivity contribution is 6.33. The largest absolute Gasteiger partial charge is 0.338 e. The van der Waals surface area contributed by atoms with Crippen molar-refractivity contribution < 1.29 is 9.18 Å². The molecule has 0 saturated carbocycles. The summed E-state index contributed by atoms with van der Waals surface area (Å²) in [7, 11) is 0. The van der Waals surface area contributed by atoms with Gasteiger partial charge in [0.1, 0.15) is 5.82 Å². The summed E-state index contributed by atoms with van der Waals surface area (Å²) in [4.78, 5) is 16.9. The Morgan fingerprint density at radius 2 is 1.70 bits per heavy atom. The fourth-order valence-corrected chi connectivity index (χ4v) is 4.00. The third kappa shape index (κ3) is 3.86. The highest BCUT2D eigenvalue weighted by atomic mass is 35.5. The Hall–Kier alpha value is -1.13. The van der Waals surface area contributed by atoms with Gasteiger partial charge in [0.25, 0.3) is 5.91 Å². The standard InChI is InChI=1S/C18H24ClFN2O/c19-15-6-5-7-16(20)17(15)18(23)22-12-8-14(9-13-22)21-10-3-1-2-4-11-21/h5-7,14H,1-4,8-13H2. The van der Waals surface area contributed by atoms with E-state index in [1.54, 1.807) is 11.0 Å². The van der Waals surface area contributed by atoms with Crippen molar-refractivity contribution >= 4 is 17.5 Å². The fraction of sp³-hybridized carbons (Fsp3) is 0.611. The summed E-state index contributed by atoms with van der Waals surface area (Å²) in [5, 5.41) is 0.199. The van der Waals surface area contributed by atoms with Crippen molar-refractivity contribution in [2.24, 2.45) is 0 Å². The van der Waals surface area contributed by atoms with Crippen LogP contribution in [0.4, 0.5) is 4.39 Å². The number of benzene rings is 1. The number of halogens is 2. The van der Waals surface area contributed by atoms with Crippen LogP contribution in [0.1, 0.15) is 48.9 Å². The van der Waals surface area contributed by atoms with Gasteiger partial charge in [-0.25, -0.2) is 4.39 Å². The molecule has 1 aromatic carbocycles. The van der Waals surface area contributed by atoms with Crippen LogP contribution >= 0.6 is 11.6 Å². The molecule has 3 nitrogen and oxygen atoms in total. The Bertz CT molecular complexity index is 530. The highest BCUT2D eigenvalue weighted by Gasteiger charge is 2.29. The van der Waals surface area contributed by atoms with Crippen molar-refractivity contribution in [1.29, 1.82) is 0 Å². The highest BCUT2D eigenvalue weighted by Crippen LogP contribution is 2.25. The lowest BCUT2D eigenvalue weighted by Crippen LogP contribution is -2.47. The van der Waals surface area contributed by atoms with E-state index in [9.17, 15) is 9.18 Å². The summed E-state index contributed by atoms with van der Waals surface area (Å²) in [5.74, 6) is -0.806. The predicted molar refractivity (Wildman–Crippen MR) is 90.4 cm³/mol. The van der Waals surface area contributed by atoms with Crippen LogP contribution in [0.15, 0.2) is 18.2 Å². The molecule has 2 fully saturated rings. The minimum Gasteiger partial charge on any atom is -0.338 e. The Labute approximate surface area is 142 Å². The second-order valence-electron chi connectivity index (χ2n) is 6.57. The molecule has 5 heteroatoms. The molecule has 23 heavy (non-hydrogen) atoms. The molecule has 0 bridgehead atoms. The number of hydrogen-bond acceptors (Lipinski definition) is 2. The Balaban J connectivity index is 1.61. The molecule has 0 spiro atoms. The molecule has 1 amide bonds. The van der Waals surface area contributed by atoms with E-state index in [-0.39, 0.29) is 16.5 Å². The van der Waals surface area contributed by atoms with Crippen LogP contribution in [-0.4, -0.2) is 47.9 Å². The van der Waals surface area contributed by atoms with E-state index in [1.165, 1.54) is 50.9 Å². The lowest BCUT2D eigenvalue weighted by Gasteiger charge is -2.38. The molecule has 0 aliphatic carbocycles. The van der Waals surface area contributed by atoms with Gasteiger partial charge in [0.15, 0.2) is 0 Å². The van der Waals surface area contributed by atoms with Crippen molar-refractivity contribution in [3.63, 3.8) is 0 Å². The van der Waals surface area contributed by atoms with Crippen LogP contribution in [0.25, 0.3) is 0 Å². The molecular formula is C18H24ClFN2O. The molecule has 2 aliphatic rings. The minimum absolute atomic E-state index is 0.0161. The van der Waals surface area contributed by atoms with Gasteiger partial charge in [0, 0.05) is 19.1 Å². The molecule has 2 heterocycles.